The monoisotopic (exact) mass is 844 g/mol. The molecular weight excluding hydrogens is 801 g/mol. The number of amides is 2. The zero-order chi connectivity index (χ0) is 41.6. The van der Waals surface area contributed by atoms with Gasteiger partial charge in [0.2, 0.25) is 5.60 Å². The van der Waals surface area contributed by atoms with Crippen molar-refractivity contribution in [1.82, 2.24) is 14.8 Å². The zero-order valence-electron chi connectivity index (χ0n) is 31.5. The van der Waals surface area contributed by atoms with Gasteiger partial charge in [-0.2, -0.15) is 31.6 Å². The third-order valence-corrected chi connectivity index (χ3v) is 13.4. The minimum absolute atomic E-state index is 0.00174. The molecule has 4 heterocycles. The van der Waals surface area contributed by atoms with Gasteiger partial charge in [0.15, 0.2) is 0 Å². The van der Waals surface area contributed by atoms with E-state index in [-0.39, 0.29) is 70.3 Å². The van der Waals surface area contributed by atoms with Crippen molar-refractivity contribution in [2.24, 2.45) is 0 Å². The highest BCUT2D eigenvalue weighted by Crippen LogP contribution is 2.48. The molecular formula is C38H43F6N4O7PS. The first kappa shape index (κ1) is 43.9. The summed E-state index contributed by atoms with van der Waals surface area (Å²) >= 11 is 0.363. The number of nitriles is 1. The SMILES string of the molecule is CCC[C@H]1N(C(=O)c2cnccc2C(F)(F)F)CCC[C@@]1(Oc1csc(C(F)(F)F)c1)C(=O)N1CCC(C#N)(c2ccccc2OCCCP(=O)(OC)OC)CC1. The standard InChI is InChI=1S/C38H43F6N4O7PS/c1-4-9-31-36(55-26-22-32(57-24-26)38(42,43)44,13-7-17-48(31)33(49)27-23-46-16-12-28(27)37(39,40)41)34(50)47-18-14-35(25-45,15-19-47)29-10-5-6-11-30(29)54-20-8-21-56(51,52-2)53-3/h5-6,10-12,16,22-24,31H,4,7-9,13-15,17-21H2,1-3H3/t31-,36+/m1/s1. The molecule has 0 spiro atoms. The molecule has 2 amide bonds. The van der Waals surface area contributed by atoms with Gasteiger partial charge in [-0.1, -0.05) is 31.5 Å². The number of nitrogens with zero attached hydrogens (tertiary/aromatic N) is 4. The Kier molecular flexibility index (Phi) is 13.7. The minimum atomic E-state index is -4.90. The summed E-state index contributed by atoms with van der Waals surface area (Å²) in [5.41, 5.74) is -4.50. The van der Waals surface area contributed by atoms with Crippen LogP contribution in [0.2, 0.25) is 0 Å². The van der Waals surface area contributed by atoms with Crippen LogP contribution in [-0.4, -0.2) is 84.9 Å². The highest BCUT2D eigenvalue weighted by atomic mass is 32.1. The Balaban J connectivity index is 1.47. The summed E-state index contributed by atoms with van der Waals surface area (Å²) in [5, 5.41) is 11.7. The Morgan fingerprint density at radius 1 is 1.04 bits per heavy atom. The first-order chi connectivity index (χ1) is 27.0. The van der Waals surface area contributed by atoms with Gasteiger partial charge in [0.1, 0.15) is 16.4 Å². The molecule has 0 aliphatic carbocycles. The average molecular weight is 845 g/mol. The maximum Gasteiger partial charge on any atom is 0.425 e. The molecule has 0 unspecified atom stereocenters. The van der Waals surface area contributed by atoms with Crippen LogP contribution in [0, 0.1) is 11.3 Å². The quantitative estimate of drug-likeness (QED) is 0.0888. The van der Waals surface area contributed by atoms with E-state index in [9.17, 15) is 41.0 Å². The summed E-state index contributed by atoms with van der Waals surface area (Å²) < 4.78 is 118. The van der Waals surface area contributed by atoms with E-state index < -0.39 is 64.8 Å². The number of likely N-dealkylation sites (tertiary alicyclic amines) is 2. The summed E-state index contributed by atoms with van der Waals surface area (Å²) in [5.74, 6) is -1.55. The van der Waals surface area contributed by atoms with Crippen molar-refractivity contribution in [3.8, 4) is 17.6 Å². The lowest BCUT2D eigenvalue weighted by Crippen LogP contribution is -2.68. The highest BCUT2D eigenvalue weighted by Gasteiger charge is 2.57. The van der Waals surface area contributed by atoms with Crippen molar-refractivity contribution in [3.05, 3.63) is 75.7 Å². The van der Waals surface area contributed by atoms with E-state index in [0.29, 0.717) is 41.6 Å². The van der Waals surface area contributed by atoms with Gasteiger partial charge >= 0.3 is 19.9 Å². The topological polar surface area (TPSA) is 131 Å². The van der Waals surface area contributed by atoms with E-state index in [1.165, 1.54) is 19.1 Å². The van der Waals surface area contributed by atoms with Gasteiger partial charge in [-0.05, 0) is 44.2 Å². The Bertz CT molecular complexity index is 1970. The van der Waals surface area contributed by atoms with E-state index in [1.54, 1.807) is 31.2 Å². The van der Waals surface area contributed by atoms with Crippen molar-refractivity contribution in [2.45, 2.75) is 81.3 Å². The Hall–Kier alpha value is -4.17. The molecule has 0 radical (unpaired) electrons. The number of halogens is 6. The van der Waals surface area contributed by atoms with Gasteiger partial charge < -0.3 is 28.3 Å². The Morgan fingerprint density at radius 3 is 2.35 bits per heavy atom. The normalized spacial score (nSPS) is 20.2. The molecule has 0 saturated carbocycles. The predicted molar refractivity (Wildman–Crippen MR) is 197 cm³/mol. The van der Waals surface area contributed by atoms with Crippen LogP contribution in [0.5, 0.6) is 11.5 Å². The predicted octanol–water partition coefficient (Wildman–Crippen LogP) is 8.74. The fraction of sp³-hybridized carbons (Fsp3) is 0.526. The summed E-state index contributed by atoms with van der Waals surface area (Å²) in [7, 11) is -0.687. The molecule has 2 atom stereocenters. The molecule has 2 saturated heterocycles. The number of benzene rings is 1. The molecule has 310 valence electrons. The van der Waals surface area contributed by atoms with Gasteiger partial charge in [0, 0.05) is 69.7 Å². The molecule has 0 bridgehead atoms. The number of ether oxygens (including phenoxy) is 2. The smallest absolute Gasteiger partial charge is 0.425 e. The van der Waals surface area contributed by atoms with E-state index in [0.717, 1.165) is 28.7 Å². The van der Waals surface area contributed by atoms with Crippen LogP contribution in [0.15, 0.2) is 54.2 Å². The molecule has 19 heteroatoms. The second kappa shape index (κ2) is 17.8. The number of hydrogen-bond donors (Lipinski definition) is 0. The van der Waals surface area contributed by atoms with E-state index in [4.69, 9.17) is 18.5 Å². The van der Waals surface area contributed by atoms with Crippen LogP contribution in [0.1, 0.15) is 78.2 Å². The lowest BCUT2D eigenvalue weighted by molar-refractivity contribution is -0.160. The summed E-state index contributed by atoms with van der Waals surface area (Å²) in [6.45, 7) is 1.84. The van der Waals surface area contributed by atoms with Crippen LogP contribution < -0.4 is 9.47 Å². The van der Waals surface area contributed by atoms with Crippen molar-refractivity contribution in [1.29, 1.82) is 5.26 Å². The molecule has 3 aromatic rings. The van der Waals surface area contributed by atoms with Gasteiger partial charge in [0.05, 0.1) is 41.4 Å². The third-order valence-electron chi connectivity index (χ3n) is 10.5. The molecule has 5 rings (SSSR count). The molecule has 11 nitrogen and oxygen atoms in total. The van der Waals surface area contributed by atoms with Gasteiger partial charge in [0.25, 0.3) is 11.8 Å². The summed E-state index contributed by atoms with van der Waals surface area (Å²) in [6, 6.07) is 9.61. The summed E-state index contributed by atoms with van der Waals surface area (Å²) in [6.07, 6.45) is -6.78. The third kappa shape index (κ3) is 9.43. The summed E-state index contributed by atoms with van der Waals surface area (Å²) in [4.78, 5) is 34.5. The number of thiophene rings is 1. The first-order valence-electron chi connectivity index (χ1n) is 18.3. The lowest BCUT2D eigenvalue weighted by Gasteiger charge is -2.51. The number of para-hydroxylation sites is 1. The number of piperidine rings is 2. The van der Waals surface area contributed by atoms with E-state index >= 15 is 4.79 Å². The number of hydrogen-bond acceptors (Lipinski definition) is 10. The number of pyridine rings is 1. The lowest BCUT2D eigenvalue weighted by atomic mass is 9.72. The van der Waals surface area contributed by atoms with E-state index in [1.807, 2.05) is 0 Å². The van der Waals surface area contributed by atoms with Crippen molar-refractivity contribution in [3.63, 3.8) is 0 Å². The largest absolute Gasteiger partial charge is 0.493 e. The molecule has 1 aromatic carbocycles. The fourth-order valence-corrected chi connectivity index (χ4v) is 9.30. The maximum absolute atomic E-state index is 15.0. The first-order valence-corrected chi connectivity index (χ1v) is 20.9. The number of rotatable bonds is 14. The molecule has 2 aromatic heterocycles. The number of carbonyl (C=O) groups is 2. The van der Waals surface area contributed by atoms with Crippen LogP contribution in [0.25, 0.3) is 0 Å². The Morgan fingerprint density at radius 2 is 1.74 bits per heavy atom. The molecule has 2 aliphatic heterocycles. The number of carbonyl (C=O) groups excluding carboxylic acids is 2. The maximum atomic E-state index is 15.0. The van der Waals surface area contributed by atoms with Crippen molar-refractivity contribution < 1.29 is 59.0 Å². The van der Waals surface area contributed by atoms with E-state index in [2.05, 4.69) is 11.1 Å². The van der Waals surface area contributed by atoms with Crippen LogP contribution >= 0.6 is 18.9 Å². The molecule has 57 heavy (non-hydrogen) atoms. The average Bonchev–Trinajstić information content (AvgIpc) is 3.69. The van der Waals surface area contributed by atoms with Gasteiger partial charge in [-0.3, -0.25) is 19.1 Å². The van der Waals surface area contributed by atoms with Crippen LogP contribution in [0.4, 0.5) is 26.3 Å². The molecule has 2 fully saturated rings. The second-order valence-corrected chi connectivity index (χ2v) is 17.2. The molecule has 0 N–H and O–H groups in total. The number of aromatic nitrogens is 1. The highest BCUT2D eigenvalue weighted by molar-refractivity contribution is 7.53. The molecule has 2 aliphatic rings. The Labute approximate surface area is 330 Å². The van der Waals surface area contributed by atoms with Gasteiger partial charge in [-0.15, -0.1) is 11.3 Å². The zero-order valence-corrected chi connectivity index (χ0v) is 33.2. The number of alkyl halides is 6. The fourth-order valence-electron chi connectivity index (χ4n) is 7.59. The van der Waals surface area contributed by atoms with Crippen molar-refractivity contribution in [2.75, 3.05) is 46.6 Å². The van der Waals surface area contributed by atoms with Gasteiger partial charge in [-0.25, -0.2) is 0 Å². The van der Waals surface area contributed by atoms with Crippen LogP contribution in [-0.2, 0) is 36.2 Å². The minimum Gasteiger partial charge on any atom is -0.493 e. The van der Waals surface area contributed by atoms with Crippen molar-refractivity contribution >= 4 is 30.7 Å². The van der Waals surface area contributed by atoms with Crippen LogP contribution in [0.3, 0.4) is 0 Å². The second-order valence-electron chi connectivity index (χ2n) is 13.8.